The second-order valence-electron chi connectivity index (χ2n) is 9.34. The van der Waals surface area contributed by atoms with Crippen LogP contribution in [-0.4, -0.2) is 52.4 Å². The smallest absolute Gasteiger partial charge is 0.247 e. The molecule has 32 heavy (non-hydrogen) atoms. The van der Waals surface area contributed by atoms with Gasteiger partial charge in [-0.3, -0.25) is 9.59 Å². The highest BCUT2D eigenvalue weighted by Crippen LogP contribution is 2.33. The number of rotatable bonds is 6. The number of hydrogen-bond acceptors (Lipinski definition) is 5. The second-order valence-corrected chi connectivity index (χ2v) is 9.34. The quantitative estimate of drug-likeness (QED) is 0.720. The zero-order valence-corrected chi connectivity index (χ0v) is 19.5. The predicted molar refractivity (Wildman–Crippen MR) is 122 cm³/mol. The number of nitrogens with zero attached hydrogens (tertiary/aromatic N) is 3. The normalized spacial score (nSPS) is 18.9. The van der Waals surface area contributed by atoms with Crippen molar-refractivity contribution in [1.82, 2.24) is 20.2 Å². The number of hydrogen-bond donors (Lipinski definition) is 2. The number of halogens is 1. The molecule has 1 aliphatic heterocycles. The molecule has 1 aromatic heterocycles. The molecule has 1 aliphatic rings. The molecule has 0 aliphatic carbocycles. The molecule has 0 spiro atoms. The summed E-state index contributed by atoms with van der Waals surface area (Å²) in [5.41, 5.74) is -0.0402. The van der Waals surface area contributed by atoms with Crippen LogP contribution >= 0.6 is 0 Å². The number of amides is 2. The van der Waals surface area contributed by atoms with Gasteiger partial charge in [0, 0.05) is 37.3 Å². The summed E-state index contributed by atoms with van der Waals surface area (Å²) in [5, 5.41) is 5.89. The maximum absolute atomic E-state index is 13.4. The molecule has 2 heterocycles. The summed E-state index contributed by atoms with van der Waals surface area (Å²) in [6, 6.07) is 7.80. The summed E-state index contributed by atoms with van der Waals surface area (Å²) >= 11 is 0. The van der Waals surface area contributed by atoms with E-state index in [1.165, 1.54) is 12.1 Å². The Morgan fingerprint density at radius 1 is 1.25 bits per heavy atom. The SMILES string of the molecule is CNc1cc(C)nc(C2(C)CCCN(C(=O)C(C)(C)NC(=O)Cc3cccc(F)c3)C2)n1. The number of likely N-dealkylation sites (tertiary alicyclic amines) is 1. The summed E-state index contributed by atoms with van der Waals surface area (Å²) in [5.74, 6) is 0.597. The van der Waals surface area contributed by atoms with Gasteiger partial charge in [-0.25, -0.2) is 14.4 Å². The van der Waals surface area contributed by atoms with Gasteiger partial charge in [-0.05, 0) is 51.3 Å². The van der Waals surface area contributed by atoms with E-state index in [-0.39, 0.29) is 23.7 Å². The predicted octanol–water partition coefficient (Wildman–Crippen LogP) is 2.98. The molecule has 0 radical (unpaired) electrons. The van der Waals surface area contributed by atoms with E-state index in [1.807, 2.05) is 20.0 Å². The Morgan fingerprint density at radius 3 is 2.69 bits per heavy atom. The van der Waals surface area contributed by atoms with Crippen LogP contribution < -0.4 is 10.6 Å². The molecule has 0 saturated carbocycles. The van der Waals surface area contributed by atoms with Crippen molar-refractivity contribution in [2.75, 3.05) is 25.5 Å². The lowest BCUT2D eigenvalue weighted by Crippen LogP contribution is -2.59. The number of anilines is 1. The van der Waals surface area contributed by atoms with Gasteiger partial charge in [0.2, 0.25) is 11.8 Å². The molecule has 8 heteroatoms. The van der Waals surface area contributed by atoms with E-state index in [0.29, 0.717) is 24.5 Å². The third-order valence-electron chi connectivity index (χ3n) is 5.87. The fraction of sp³-hybridized carbons (Fsp3) is 0.500. The first kappa shape index (κ1) is 23.6. The van der Waals surface area contributed by atoms with Crippen LogP contribution in [0.4, 0.5) is 10.2 Å². The van der Waals surface area contributed by atoms with Gasteiger partial charge in [0.25, 0.3) is 0 Å². The maximum Gasteiger partial charge on any atom is 0.247 e. The van der Waals surface area contributed by atoms with Gasteiger partial charge in [0.15, 0.2) is 0 Å². The molecule has 1 aromatic carbocycles. The largest absolute Gasteiger partial charge is 0.373 e. The number of aryl methyl sites for hydroxylation is 1. The Hall–Kier alpha value is -3.03. The third kappa shape index (κ3) is 5.41. The van der Waals surface area contributed by atoms with Crippen LogP contribution in [0.1, 0.15) is 50.7 Å². The molecule has 2 aromatic rings. The summed E-state index contributed by atoms with van der Waals surface area (Å²) in [7, 11) is 1.82. The van der Waals surface area contributed by atoms with E-state index in [0.717, 1.165) is 24.4 Å². The number of carbonyl (C=O) groups is 2. The zero-order chi connectivity index (χ0) is 23.5. The molecule has 3 rings (SSSR count). The molecule has 1 unspecified atom stereocenters. The standard InChI is InChI=1S/C24H32FN5O2/c1-16-12-19(26-5)28-21(27-16)24(4)10-7-11-30(15-24)22(32)23(2,3)29-20(31)14-17-8-6-9-18(25)13-17/h6,8-9,12-13H,7,10-11,14-15H2,1-5H3,(H,29,31)(H,26,27,28). The Kier molecular flexibility index (Phi) is 6.81. The number of benzene rings is 1. The maximum atomic E-state index is 13.4. The van der Waals surface area contributed by atoms with Crippen LogP contribution in [0.25, 0.3) is 0 Å². The number of nitrogens with one attached hydrogen (secondary N) is 2. The minimum absolute atomic E-state index is 0.0100. The van der Waals surface area contributed by atoms with Crippen molar-refractivity contribution in [2.45, 2.75) is 57.9 Å². The molecular formula is C24H32FN5O2. The van der Waals surface area contributed by atoms with Crippen molar-refractivity contribution in [1.29, 1.82) is 0 Å². The topological polar surface area (TPSA) is 87.2 Å². The molecule has 172 valence electrons. The number of carbonyl (C=O) groups excluding carboxylic acids is 2. The van der Waals surface area contributed by atoms with E-state index < -0.39 is 11.4 Å². The van der Waals surface area contributed by atoms with Crippen molar-refractivity contribution in [3.05, 3.63) is 53.2 Å². The lowest BCUT2D eigenvalue weighted by Gasteiger charge is -2.42. The first-order chi connectivity index (χ1) is 15.0. The van der Waals surface area contributed by atoms with Crippen LogP contribution in [-0.2, 0) is 21.4 Å². The van der Waals surface area contributed by atoms with Gasteiger partial charge in [-0.2, -0.15) is 0 Å². The Labute approximate surface area is 188 Å². The van der Waals surface area contributed by atoms with Crippen molar-refractivity contribution < 1.29 is 14.0 Å². The van der Waals surface area contributed by atoms with Crippen molar-refractivity contribution in [3.8, 4) is 0 Å². The highest BCUT2D eigenvalue weighted by atomic mass is 19.1. The van der Waals surface area contributed by atoms with Crippen molar-refractivity contribution >= 4 is 17.6 Å². The fourth-order valence-electron chi connectivity index (χ4n) is 4.24. The molecule has 2 N–H and O–H groups in total. The molecule has 2 amide bonds. The third-order valence-corrected chi connectivity index (χ3v) is 5.87. The molecule has 7 nitrogen and oxygen atoms in total. The molecule has 1 atom stereocenters. The first-order valence-corrected chi connectivity index (χ1v) is 10.9. The van der Waals surface area contributed by atoms with Gasteiger partial charge in [-0.15, -0.1) is 0 Å². The van der Waals surface area contributed by atoms with Gasteiger partial charge in [0.1, 0.15) is 23.0 Å². The molecule has 0 bridgehead atoms. The number of aromatic nitrogens is 2. The van der Waals surface area contributed by atoms with Crippen LogP contribution in [0.2, 0.25) is 0 Å². The monoisotopic (exact) mass is 441 g/mol. The van der Waals surface area contributed by atoms with Crippen LogP contribution in [0.5, 0.6) is 0 Å². The molecular weight excluding hydrogens is 409 g/mol. The Bertz CT molecular complexity index is 1010. The van der Waals surface area contributed by atoms with Gasteiger partial charge >= 0.3 is 0 Å². The summed E-state index contributed by atoms with van der Waals surface area (Å²) < 4.78 is 13.4. The number of piperidine rings is 1. The van der Waals surface area contributed by atoms with E-state index >= 15 is 0 Å². The minimum atomic E-state index is -1.09. The first-order valence-electron chi connectivity index (χ1n) is 10.9. The van der Waals surface area contributed by atoms with E-state index in [2.05, 4.69) is 27.5 Å². The summed E-state index contributed by atoms with van der Waals surface area (Å²) in [4.78, 5) is 37.0. The van der Waals surface area contributed by atoms with Gasteiger partial charge < -0.3 is 15.5 Å². The Balaban J connectivity index is 1.71. The average Bonchev–Trinajstić information content (AvgIpc) is 2.72. The van der Waals surface area contributed by atoms with Gasteiger partial charge in [0.05, 0.1) is 6.42 Å². The lowest BCUT2D eigenvalue weighted by atomic mass is 9.80. The fourth-order valence-corrected chi connectivity index (χ4v) is 4.24. The Morgan fingerprint density at radius 2 is 2.00 bits per heavy atom. The lowest BCUT2D eigenvalue weighted by molar-refractivity contribution is -0.142. The van der Waals surface area contributed by atoms with Crippen LogP contribution in [0, 0.1) is 12.7 Å². The highest BCUT2D eigenvalue weighted by Gasteiger charge is 2.41. The summed E-state index contributed by atoms with van der Waals surface area (Å²) in [6.45, 7) is 8.50. The van der Waals surface area contributed by atoms with E-state index in [4.69, 9.17) is 0 Å². The van der Waals surface area contributed by atoms with Crippen molar-refractivity contribution in [2.24, 2.45) is 0 Å². The van der Waals surface area contributed by atoms with Crippen molar-refractivity contribution in [3.63, 3.8) is 0 Å². The van der Waals surface area contributed by atoms with Gasteiger partial charge in [-0.1, -0.05) is 19.1 Å². The van der Waals surface area contributed by atoms with E-state index in [1.54, 1.807) is 30.9 Å². The van der Waals surface area contributed by atoms with E-state index in [9.17, 15) is 14.0 Å². The molecule has 1 saturated heterocycles. The molecule has 1 fully saturated rings. The van der Waals surface area contributed by atoms with Crippen LogP contribution in [0.15, 0.2) is 30.3 Å². The summed E-state index contributed by atoms with van der Waals surface area (Å²) in [6.07, 6.45) is 1.70. The average molecular weight is 442 g/mol. The highest BCUT2D eigenvalue weighted by molar-refractivity contribution is 5.91. The second kappa shape index (κ2) is 9.22. The van der Waals surface area contributed by atoms with Crippen LogP contribution in [0.3, 0.4) is 0 Å². The zero-order valence-electron chi connectivity index (χ0n) is 19.5. The minimum Gasteiger partial charge on any atom is -0.373 e.